The molecular formula is C22H32N4O3. The molecule has 0 unspecified atom stereocenters. The van der Waals surface area contributed by atoms with Crippen molar-refractivity contribution < 1.29 is 14.0 Å². The van der Waals surface area contributed by atoms with Crippen molar-refractivity contribution in [3.05, 3.63) is 41.3 Å². The second-order valence-corrected chi connectivity index (χ2v) is 8.16. The van der Waals surface area contributed by atoms with Crippen LogP contribution in [0.1, 0.15) is 57.6 Å². The highest BCUT2D eigenvalue weighted by molar-refractivity contribution is 5.79. The summed E-state index contributed by atoms with van der Waals surface area (Å²) in [6, 6.07) is 8.13. The van der Waals surface area contributed by atoms with Gasteiger partial charge in [-0.1, -0.05) is 38.9 Å². The Balaban J connectivity index is 1.65. The number of fused-ring (bicyclic) bond motifs is 1. The zero-order valence-electron chi connectivity index (χ0n) is 18.0. The first kappa shape index (κ1) is 21.0. The third-order valence-corrected chi connectivity index (χ3v) is 4.93. The second-order valence-electron chi connectivity index (χ2n) is 8.16. The number of guanidine groups is 1. The fourth-order valence-corrected chi connectivity index (χ4v) is 3.05. The van der Waals surface area contributed by atoms with Gasteiger partial charge in [-0.2, -0.15) is 0 Å². The van der Waals surface area contributed by atoms with Crippen molar-refractivity contribution in [3.63, 3.8) is 0 Å². The summed E-state index contributed by atoms with van der Waals surface area (Å²) < 4.78 is 16.7. The summed E-state index contributed by atoms with van der Waals surface area (Å²) in [6.45, 7) is 13.8. The number of aromatic nitrogens is 1. The molecule has 2 heterocycles. The van der Waals surface area contributed by atoms with E-state index in [1.807, 2.05) is 12.1 Å². The van der Waals surface area contributed by atoms with E-state index in [1.54, 1.807) is 0 Å². The molecule has 1 aliphatic heterocycles. The van der Waals surface area contributed by atoms with Crippen molar-refractivity contribution in [2.45, 2.75) is 52.5 Å². The van der Waals surface area contributed by atoms with Crippen LogP contribution in [0.5, 0.6) is 11.5 Å². The molecule has 0 spiro atoms. The third-order valence-electron chi connectivity index (χ3n) is 4.93. The Bertz CT molecular complexity index is 842. The lowest BCUT2D eigenvalue weighted by Gasteiger charge is -2.28. The van der Waals surface area contributed by atoms with Crippen LogP contribution in [0, 0.1) is 0 Å². The minimum Gasteiger partial charge on any atom is -0.486 e. The van der Waals surface area contributed by atoms with Crippen molar-refractivity contribution in [2.24, 2.45) is 4.99 Å². The summed E-state index contributed by atoms with van der Waals surface area (Å²) in [5, 5.41) is 10.8. The van der Waals surface area contributed by atoms with Crippen molar-refractivity contribution in [2.75, 3.05) is 26.3 Å². The molecule has 0 amide bonds. The number of nitrogens with one attached hydrogen (secondary N) is 2. The molecule has 1 aliphatic rings. The topological polar surface area (TPSA) is 80.9 Å². The molecule has 7 nitrogen and oxygen atoms in total. The van der Waals surface area contributed by atoms with Crippen LogP contribution in [0.15, 0.2) is 33.8 Å². The highest BCUT2D eigenvalue weighted by atomic mass is 16.6. The predicted octanol–water partition coefficient (Wildman–Crippen LogP) is 3.60. The molecule has 7 heteroatoms. The van der Waals surface area contributed by atoms with E-state index < -0.39 is 0 Å². The number of hydrogen-bond acceptors (Lipinski definition) is 5. The van der Waals surface area contributed by atoms with E-state index >= 15 is 0 Å². The van der Waals surface area contributed by atoms with Crippen LogP contribution in [0.4, 0.5) is 0 Å². The Labute approximate surface area is 172 Å². The van der Waals surface area contributed by atoms with Gasteiger partial charge in [-0.3, -0.25) is 0 Å². The maximum absolute atomic E-state index is 5.73. The van der Waals surface area contributed by atoms with Gasteiger partial charge >= 0.3 is 0 Å². The first-order valence-corrected chi connectivity index (χ1v) is 10.3. The van der Waals surface area contributed by atoms with E-state index in [-0.39, 0.29) is 5.41 Å². The van der Waals surface area contributed by atoms with Gasteiger partial charge in [0.2, 0.25) is 0 Å². The molecule has 0 saturated carbocycles. The molecule has 0 bridgehead atoms. The van der Waals surface area contributed by atoms with Gasteiger partial charge in [0, 0.05) is 24.6 Å². The first-order valence-electron chi connectivity index (χ1n) is 10.3. The molecule has 158 valence electrons. The summed E-state index contributed by atoms with van der Waals surface area (Å²) in [4.78, 5) is 4.64. The molecule has 3 rings (SSSR count). The van der Waals surface area contributed by atoms with E-state index in [4.69, 9.17) is 14.0 Å². The molecule has 0 saturated heterocycles. The molecular weight excluding hydrogens is 368 g/mol. The Morgan fingerprint density at radius 2 is 1.90 bits per heavy atom. The Morgan fingerprint density at radius 3 is 2.59 bits per heavy atom. The molecule has 0 radical (unpaired) electrons. The van der Waals surface area contributed by atoms with Crippen LogP contribution in [0.3, 0.4) is 0 Å². The van der Waals surface area contributed by atoms with Gasteiger partial charge < -0.3 is 24.6 Å². The zero-order chi connectivity index (χ0) is 20.9. The normalized spacial score (nSPS) is 14.2. The minimum atomic E-state index is -0.122. The van der Waals surface area contributed by atoms with Gasteiger partial charge in [-0.25, -0.2) is 4.99 Å². The van der Waals surface area contributed by atoms with Crippen LogP contribution in [-0.2, 0) is 12.0 Å². The highest BCUT2D eigenvalue weighted by Crippen LogP contribution is 2.34. The lowest BCUT2D eigenvalue weighted by molar-refractivity contribution is 0.171. The third kappa shape index (κ3) is 5.43. The average Bonchev–Trinajstić information content (AvgIpc) is 3.19. The smallest absolute Gasteiger partial charge is 0.191 e. The van der Waals surface area contributed by atoms with E-state index in [0.717, 1.165) is 35.5 Å². The lowest BCUT2D eigenvalue weighted by Crippen LogP contribution is -2.43. The molecule has 1 aromatic carbocycles. The number of hydrogen-bond donors (Lipinski definition) is 2. The zero-order valence-corrected chi connectivity index (χ0v) is 18.0. The summed E-state index contributed by atoms with van der Waals surface area (Å²) in [5.74, 6) is 3.48. The van der Waals surface area contributed by atoms with Crippen LogP contribution in [0.25, 0.3) is 0 Å². The number of ether oxygens (including phenoxy) is 2. The molecule has 0 atom stereocenters. The highest BCUT2D eigenvalue weighted by Gasteiger charge is 2.24. The summed E-state index contributed by atoms with van der Waals surface area (Å²) in [5.41, 5.74) is 2.01. The standard InChI is InChI=1S/C22H32N4O3/c1-6-23-21(24-13-17-12-18(15(2)3)26-29-17)25-14-22(4,5)16-7-8-19-20(11-16)28-10-9-27-19/h7-8,11-12,15H,6,9-10,13-14H2,1-5H3,(H2,23,24,25). The molecule has 2 aromatic rings. The van der Waals surface area contributed by atoms with Crippen molar-refractivity contribution in [1.82, 2.24) is 15.8 Å². The van der Waals surface area contributed by atoms with E-state index in [9.17, 15) is 0 Å². The lowest BCUT2D eigenvalue weighted by atomic mass is 9.84. The maximum atomic E-state index is 5.73. The van der Waals surface area contributed by atoms with Crippen LogP contribution in [0.2, 0.25) is 0 Å². The molecule has 2 N–H and O–H groups in total. The Morgan fingerprint density at radius 1 is 1.14 bits per heavy atom. The van der Waals surface area contributed by atoms with Crippen LogP contribution in [-0.4, -0.2) is 37.4 Å². The van der Waals surface area contributed by atoms with Gasteiger partial charge in [-0.15, -0.1) is 0 Å². The second kappa shape index (κ2) is 9.20. The maximum Gasteiger partial charge on any atom is 0.191 e. The summed E-state index contributed by atoms with van der Waals surface area (Å²) in [6.07, 6.45) is 0. The van der Waals surface area contributed by atoms with Crippen LogP contribution < -0.4 is 20.1 Å². The van der Waals surface area contributed by atoms with Gasteiger partial charge in [0.25, 0.3) is 0 Å². The largest absolute Gasteiger partial charge is 0.486 e. The number of benzene rings is 1. The average molecular weight is 401 g/mol. The minimum absolute atomic E-state index is 0.122. The molecule has 1 aromatic heterocycles. The van der Waals surface area contributed by atoms with E-state index in [0.29, 0.717) is 32.2 Å². The number of nitrogens with zero attached hydrogens (tertiary/aromatic N) is 2. The van der Waals surface area contributed by atoms with Crippen molar-refractivity contribution in [3.8, 4) is 11.5 Å². The Hall–Kier alpha value is -2.70. The Kier molecular flexibility index (Phi) is 6.67. The monoisotopic (exact) mass is 400 g/mol. The fourth-order valence-electron chi connectivity index (χ4n) is 3.05. The number of rotatable bonds is 7. The van der Waals surface area contributed by atoms with Gasteiger partial charge in [0.15, 0.2) is 23.2 Å². The van der Waals surface area contributed by atoms with Crippen molar-refractivity contribution >= 4 is 5.96 Å². The summed E-state index contributed by atoms with van der Waals surface area (Å²) >= 11 is 0. The molecule has 29 heavy (non-hydrogen) atoms. The van der Waals surface area contributed by atoms with Gasteiger partial charge in [-0.05, 0) is 30.5 Å². The fraction of sp³-hybridized carbons (Fsp3) is 0.545. The predicted molar refractivity (Wildman–Crippen MR) is 114 cm³/mol. The van der Waals surface area contributed by atoms with E-state index in [2.05, 4.69) is 67.5 Å². The molecule has 0 fully saturated rings. The van der Waals surface area contributed by atoms with Gasteiger partial charge in [0.05, 0.1) is 5.69 Å². The van der Waals surface area contributed by atoms with Crippen LogP contribution >= 0.6 is 0 Å². The summed E-state index contributed by atoms with van der Waals surface area (Å²) in [7, 11) is 0. The number of aliphatic imine (C=N–C) groups is 1. The van der Waals surface area contributed by atoms with E-state index in [1.165, 1.54) is 5.56 Å². The SMILES string of the molecule is CCNC(=NCc1cc(C(C)C)no1)NCC(C)(C)c1ccc2c(c1)OCCO2. The quantitative estimate of drug-likeness (QED) is 0.546. The van der Waals surface area contributed by atoms with Gasteiger partial charge in [0.1, 0.15) is 19.8 Å². The van der Waals surface area contributed by atoms with Crippen molar-refractivity contribution in [1.29, 1.82) is 0 Å². The molecule has 0 aliphatic carbocycles. The first-order chi connectivity index (χ1) is 13.9.